The van der Waals surface area contributed by atoms with E-state index in [9.17, 15) is 4.57 Å². The summed E-state index contributed by atoms with van der Waals surface area (Å²) < 4.78 is 9.33. The Morgan fingerprint density at radius 2 is 1.50 bits per heavy atom. The van der Waals surface area contributed by atoms with Crippen LogP contribution in [-0.2, 0) is 21.6 Å². The minimum Gasteiger partial charge on any atom is -0.325 e. The van der Waals surface area contributed by atoms with Crippen molar-refractivity contribution in [3.63, 3.8) is 0 Å². The van der Waals surface area contributed by atoms with Crippen LogP contribution in [0.25, 0.3) is 0 Å². The van der Waals surface area contributed by atoms with Crippen LogP contribution in [0, 0.1) is 0 Å². The molecule has 0 amide bonds. The van der Waals surface area contributed by atoms with Gasteiger partial charge < -0.3 is 9.79 Å². The van der Waals surface area contributed by atoms with Crippen LogP contribution < -0.4 is 0 Å². The van der Waals surface area contributed by atoms with Crippen LogP contribution in [-0.4, -0.2) is 16.5 Å². The van der Waals surface area contributed by atoms with E-state index in [1.807, 2.05) is 0 Å². The van der Waals surface area contributed by atoms with E-state index in [1.54, 1.807) is 0 Å². The smallest absolute Gasteiger partial charge is 0.325 e. The third-order valence-electron chi connectivity index (χ3n) is 0. The maximum Gasteiger partial charge on any atom is 2.00 e. The summed E-state index contributed by atoms with van der Waals surface area (Å²) >= 11 is 0. The third kappa shape index (κ3) is 140. The van der Waals surface area contributed by atoms with E-state index >= 15 is 0 Å². The maximum atomic E-state index is 9.33. The van der Waals surface area contributed by atoms with E-state index in [0.29, 0.717) is 0 Å². The van der Waals surface area contributed by atoms with E-state index in [1.165, 1.54) is 0 Å². The predicted octanol–water partition coefficient (Wildman–Crippen LogP) is -0.209. The Labute approximate surface area is 46.4 Å². The van der Waals surface area contributed by atoms with Gasteiger partial charge in [0.2, 0.25) is 0 Å². The van der Waals surface area contributed by atoms with E-state index in [4.69, 9.17) is 9.79 Å². The molecule has 0 saturated carbocycles. The summed E-state index contributed by atoms with van der Waals surface area (Å²) in [5, 5.41) is 0. The van der Waals surface area contributed by atoms with Crippen LogP contribution in [0.3, 0.4) is 0 Å². The average molecular weight is 160 g/mol. The van der Waals surface area contributed by atoms with Gasteiger partial charge in [0.1, 0.15) is 0 Å². The summed E-state index contributed by atoms with van der Waals surface area (Å²) in [5.41, 5.74) is 0. The predicted molar refractivity (Wildman–Crippen MR) is 18.0 cm³/mol. The second-order valence-corrected chi connectivity index (χ2v) is 2.51. The summed E-state index contributed by atoms with van der Waals surface area (Å²) in [6.07, 6.45) is 0. The van der Waals surface area contributed by atoms with Gasteiger partial charge in [-0.2, -0.15) is 0 Å². The SMILES string of the molecule is CP(=O)(O)O.[Cu+2]. The zero-order valence-electron chi connectivity index (χ0n) is 3.05. The van der Waals surface area contributed by atoms with Crippen LogP contribution >= 0.6 is 7.60 Å². The molecule has 0 heterocycles. The molecule has 0 bridgehead atoms. The van der Waals surface area contributed by atoms with Crippen molar-refractivity contribution in [3.05, 3.63) is 0 Å². The number of rotatable bonds is 0. The van der Waals surface area contributed by atoms with Crippen molar-refractivity contribution < 1.29 is 31.4 Å². The minimum absolute atomic E-state index is 0. The zero-order valence-corrected chi connectivity index (χ0v) is 4.89. The molecule has 0 fully saturated rings. The molecule has 0 aromatic carbocycles. The molecule has 5 heteroatoms. The fourth-order valence-electron chi connectivity index (χ4n) is 0. The van der Waals surface area contributed by atoms with Crippen molar-refractivity contribution in [2.45, 2.75) is 0 Å². The quantitative estimate of drug-likeness (QED) is 0.380. The summed E-state index contributed by atoms with van der Waals surface area (Å²) in [6, 6.07) is 0. The van der Waals surface area contributed by atoms with Crippen LogP contribution in [0.1, 0.15) is 0 Å². The van der Waals surface area contributed by atoms with Gasteiger partial charge in [-0.1, -0.05) is 0 Å². The molecule has 0 saturated heterocycles. The minimum atomic E-state index is -3.64. The Morgan fingerprint density at radius 3 is 1.50 bits per heavy atom. The summed E-state index contributed by atoms with van der Waals surface area (Å²) in [7, 11) is -3.64. The third-order valence-corrected chi connectivity index (χ3v) is 0. The first kappa shape index (κ1) is 9.83. The second-order valence-electron chi connectivity index (χ2n) is 0.835. The number of hydrogen-bond donors (Lipinski definition) is 2. The molecule has 0 aromatic rings. The van der Waals surface area contributed by atoms with Gasteiger partial charge in [0.05, 0.1) is 0 Å². The van der Waals surface area contributed by atoms with Crippen LogP contribution in [0.4, 0.5) is 0 Å². The fraction of sp³-hybridized carbons (Fsp3) is 1.00. The average Bonchev–Trinajstić information content (AvgIpc) is 0.722. The van der Waals surface area contributed by atoms with Crippen LogP contribution in [0.15, 0.2) is 0 Å². The topological polar surface area (TPSA) is 57.5 Å². The Morgan fingerprint density at radius 1 is 1.50 bits per heavy atom. The molecule has 0 aromatic heterocycles. The van der Waals surface area contributed by atoms with E-state index < -0.39 is 7.60 Å². The van der Waals surface area contributed by atoms with Crippen LogP contribution in [0.2, 0.25) is 0 Å². The Bertz CT molecular complexity index is 56.9. The van der Waals surface area contributed by atoms with Crippen molar-refractivity contribution in [3.8, 4) is 0 Å². The molecular weight excluding hydrogens is 155 g/mol. The van der Waals surface area contributed by atoms with Crippen molar-refractivity contribution in [2.75, 3.05) is 6.66 Å². The molecule has 1 radical (unpaired) electrons. The largest absolute Gasteiger partial charge is 2.00 e. The van der Waals surface area contributed by atoms with E-state index in [0.717, 1.165) is 6.66 Å². The molecule has 0 aliphatic heterocycles. The molecule has 0 aliphatic rings. The molecule has 0 aliphatic carbocycles. The van der Waals surface area contributed by atoms with E-state index in [2.05, 4.69) is 0 Å². The monoisotopic (exact) mass is 159 g/mol. The fourth-order valence-corrected chi connectivity index (χ4v) is 0. The Balaban J connectivity index is 0. The molecule has 3 nitrogen and oxygen atoms in total. The zero-order chi connectivity index (χ0) is 4.50. The van der Waals surface area contributed by atoms with Crippen molar-refractivity contribution in [1.29, 1.82) is 0 Å². The normalized spacial score (nSPS) is 9.83. The first-order chi connectivity index (χ1) is 2.00. The molecule has 41 valence electrons. The maximum absolute atomic E-state index is 9.33. The van der Waals surface area contributed by atoms with Gasteiger partial charge in [-0.25, -0.2) is 0 Å². The number of hydrogen-bond acceptors (Lipinski definition) is 1. The first-order valence-electron chi connectivity index (χ1n) is 1.03. The van der Waals surface area contributed by atoms with Gasteiger partial charge in [0.25, 0.3) is 0 Å². The van der Waals surface area contributed by atoms with Gasteiger partial charge in [-0.05, 0) is 0 Å². The second kappa shape index (κ2) is 2.78. The summed E-state index contributed by atoms with van der Waals surface area (Å²) in [5.74, 6) is 0. The molecular formula is CH5CuO3P+2. The molecule has 2 N–H and O–H groups in total. The summed E-state index contributed by atoms with van der Waals surface area (Å²) in [6.45, 7) is 0.854. The van der Waals surface area contributed by atoms with Gasteiger partial charge in [0.15, 0.2) is 0 Å². The van der Waals surface area contributed by atoms with Crippen molar-refractivity contribution in [1.82, 2.24) is 0 Å². The van der Waals surface area contributed by atoms with Gasteiger partial charge in [-0.15, -0.1) is 0 Å². The van der Waals surface area contributed by atoms with Crippen molar-refractivity contribution in [2.24, 2.45) is 0 Å². The van der Waals surface area contributed by atoms with Gasteiger partial charge in [-0.3, -0.25) is 4.57 Å². The summed E-state index contributed by atoms with van der Waals surface area (Å²) in [4.78, 5) is 15.3. The molecule has 0 unspecified atom stereocenters. The molecule has 0 atom stereocenters. The Kier molecular flexibility index (Phi) is 4.55. The van der Waals surface area contributed by atoms with Crippen LogP contribution in [0.5, 0.6) is 0 Å². The molecule has 0 spiro atoms. The van der Waals surface area contributed by atoms with Gasteiger partial charge in [0, 0.05) is 6.66 Å². The van der Waals surface area contributed by atoms with E-state index in [-0.39, 0.29) is 17.1 Å². The van der Waals surface area contributed by atoms with Crippen molar-refractivity contribution >= 4 is 7.60 Å². The Hall–Kier alpha value is 0.669. The standard InChI is InChI=1S/CH5O3P.Cu/c1-5(2,3)4;/h1H3,(H2,2,3,4);/q;+2. The van der Waals surface area contributed by atoms with Gasteiger partial charge >= 0.3 is 24.7 Å². The molecule has 6 heavy (non-hydrogen) atoms. The first-order valence-corrected chi connectivity index (χ1v) is 3.09. The molecule has 0 rings (SSSR count).